The van der Waals surface area contributed by atoms with Crippen LogP contribution in [0.2, 0.25) is 0 Å². The SMILES string of the molecule is COc1cccc(CC2(O)CCN3CCCCC32)c1F. The first-order valence-electron chi connectivity index (χ1n) is 7.42. The number of hydrogen-bond donors (Lipinski definition) is 1. The van der Waals surface area contributed by atoms with Crippen LogP contribution in [-0.2, 0) is 6.42 Å². The van der Waals surface area contributed by atoms with Crippen LogP contribution in [0.4, 0.5) is 4.39 Å². The quantitative estimate of drug-likeness (QED) is 0.922. The van der Waals surface area contributed by atoms with Gasteiger partial charge in [-0.3, -0.25) is 4.90 Å². The number of fused-ring (bicyclic) bond motifs is 1. The van der Waals surface area contributed by atoms with Gasteiger partial charge in [-0.05, 0) is 37.4 Å². The molecule has 2 aliphatic heterocycles. The van der Waals surface area contributed by atoms with Crippen molar-refractivity contribution in [3.8, 4) is 5.75 Å². The van der Waals surface area contributed by atoms with Crippen LogP contribution in [0.25, 0.3) is 0 Å². The number of piperidine rings is 1. The molecule has 0 bridgehead atoms. The average Bonchev–Trinajstić information content (AvgIpc) is 2.80. The Hall–Kier alpha value is -1.13. The van der Waals surface area contributed by atoms with Crippen molar-refractivity contribution in [3.05, 3.63) is 29.6 Å². The maximum Gasteiger partial charge on any atom is 0.168 e. The van der Waals surface area contributed by atoms with Crippen LogP contribution >= 0.6 is 0 Å². The lowest BCUT2D eigenvalue weighted by molar-refractivity contribution is -0.00949. The molecule has 0 saturated carbocycles. The normalized spacial score (nSPS) is 30.2. The number of methoxy groups -OCH3 is 1. The zero-order valence-electron chi connectivity index (χ0n) is 11.9. The fraction of sp³-hybridized carbons (Fsp3) is 0.625. The number of benzene rings is 1. The van der Waals surface area contributed by atoms with Gasteiger partial charge in [0.05, 0.1) is 12.7 Å². The van der Waals surface area contributed by atoms with Crippen molar-refractivity contribution >= 4 is 0 Å². The summed E-state index contributed by atoms with van der Waals surface area (Å²) in [6, 6.07) is 5.33. The number of ether oxygens (including phenoxy) is 1. The van der Waals surface area contributed by atoms with Crippen molar-refractivity contribution in [3.63, 3.8) is 0 Å². The number of nitrogens with zero attached hydrogens (tertiary/aromatic N) is 1. The second-order valence-corrected chi connectivity index (χ2v) is 6.01. The second-order valence-electron chi connectivity index (χ2n) is 6.01. The Bertz CT molecular complexity index is 493. The summed E-state index contributed by atoms with van der Waals surface area (Å²) >= 11 is 0. The molecule has 20 heavy (non-hydrogen) atoms. The Balaban J connectivity index is 1.83. The zero-order valence-corrected chi connectivity index (χ0v) is 11.9. The van der Waals surface area contributed by atoms with Crippen LogP contribution in [0.3, 0.4) is 0 Å². The highest BCUT2D eigenvalue weighted by Crippen LogP contribution is 2.38. The summed E-state index contributed by atoms with van der Waals surface area (Å²) in [5, 5.41) is 11.0. The van der Waals surface area contributed by atoms with E-state index >= 15 is 0 Å². The molecule has 2 saturated heterocycles. The van der Waals surface area contributed by atoms with Gasteiger partial charge in [-0.2, -0.15) is 0 Å². The molecule has 0 spiro atoms. The van der Waals surface area contributed by atoms with Crippen molar-refractivity contribution in [2.24, 2.45) is 0 Å². The van der Waals surface area contributed by atoms with Gasteiger partial charge in [0.25, 0.3) is 0 Å². The average molecular weight is 279 g/mol. The Morgan fingerprint density at radius 3 is 3.05 bits per heavy atom. The summed E-state index contributed by atoms with van der Waals surface area (Å²) in [4.78, 5) is 2.36. The predicted octanol–water partition coefficient (Wildman–Crippen LogP) is 2.37. The van der Waals surface area contributed by atoms with Crippen LogP contribution < -0.4 is 4.74 Å². The van der Waals surface area contributed by atoms with E-state index in [1.54, 1.807) is 18.2 Å². The third kappa shape index (κ3) is 2.31. The molecule has 0 amide bonds. The van der Waals surface area contributed by atoms with Crippen molar-refractivity contribution in [2.45, 2.75) is 43.7 Å². The maximum absolute atomic E-state index is 14.3. The molecule has 0 aromatic heterocycles. The molecule has 1 aromatic carbocycles. The minimum Gasteiger partial charge on any atom is -0.494 e. The van der Waals surface area contributed by atoms with Crippen LogP contribution in [0.1, 0.15) is 31.2 Å². The molecule has 0 aliphatic carbocycles. The fourth-order valence-electron chi connectivity index (χ4n) is 3.76. The monoisotopic (exact) mass is 279 g/mol. The minimum atomic E-state index is -0.798. The summed E-state index contributed by atoms with van der Waals surface area (Å²) in [5.74, 6) is -0.0812. The van der Waals surface area contributed by atoms with Crippen molar-refractivity contribution in [1.82, 2.24) is 4.90 Å². The van der Waals surface area contributed by atoms with Gasteiger partial charge in [-0.1, -0.05) is 18.6 Å². The van der Waals surface area contributed by atoms with Gasteiger partial charge in [-0.25, -0.2) is 4.39 Å². The highest BCUT2D eigenvalue weighted by molar-refractivity contribution is 5.32. The van der Waals surface area contributed by atoms with E-state index in [-0.39, 0.29) is 17.6 Å². The van der Waals surface area contributed by atoms with Gasteiger partial charge in [0.2, 0.25) is 0 Å². The van der Waals surface area contributed by atoms with E-state index in [9.17, 15) is 9.50 Å². The molecule has 3 nitrogen and oxygen atoms in total. The summed E-state index contributed by atoms with van der Waals surface area (Å²) < 4.78 is 19.3. The molecule has 4 heteroatoms. The molecular formula is C16H22FNO2. The Kier molecular flexibility index (Phi) is 3.69. The molecule has 110 valence electrons. The van der Waals surface area contributed by atoms with Gasteiger partial charge in [-0.15, -0.1) is 0 Å². The lowest BCUT2D eigenvalue weighted by Crippen LogP contribution is -2.48. The Labute approximate surface area is 119 Å². The van der Waals surface area contributed by atoms with Crippen LogP contribution in [0.5, 0.6) is 5.75 Å². The molecule has 2 heterocycles. The Morgan fingerprint density at radius 1 is 1.40 bits per heavy atom. The first kappa shape index (κ1) is 13.8. The van der Waals surface area contributed by atoms with E-state index in [0.29, 0.717) is 12.0 Å². The number of rotatable bonds is 3. The van der Waals surface area contributed by atoms with Gasteiger partial charge in [0.15, 0.2) is 11.6 Å². The summed E-state index contributed by atoms with van der Waals surface area (Å²) in [5.41, 5.74) is -0.243. The van der Waals surface area contributed by atoms with Gasteiger partial charge < -0.3 is 9.84 Å². The highest BCUT2D eigenvalue weighted by atomic mass is 19.1. The lowest BCUT2D eigenvalue weighted by atomic mass is 9.83. The first-order chi connectivity index (χ1) is 9.64. The standard InChI is InChI=1S/C16H22FNO2/c1-20-13-6-4-5-12(15(13)17)11-16(19)8-10-18-9-3-2-7-14(16)18/h4-6,14,19H,2-3,7-11H2,1H3. The van der Waals surface area contributed by atoms with Crippen molar-refractivity contribution in [1.29, 1.82) is 0 Å². The van der Waals surface area contributed by atoms with E-state index < -0.39 is 5.60 Å². The van der Waals surface area contributed by atoms with Crippen LogP contribution in [0.15, 0.2) is 18.2 Å². The van der Waals surface area contributed by atoms with E-state index in [0.717, 1.165) is 32.4 Å². The molecular weight excluding hydrogens is 257 g/mol. The maximum atomic E-state index is 14.3. The smallest absolute Gasteiger partial charge is 0.168 e. The third-order valence-corrected chi connectivity index (χ3v) is 4.83. The van der Waals surface area contributed by atoms with Gasteiger partial charge in [0, 0.05) is 19.0 Å². The molecule has 1 N–H and O–H groups in total. The number of hydrogen-bond acceptors (Lipinski definition) is 3. The molecule has 2 fully saturated rings. The molecule has 2 atom stereocenters. The van der Waals surface area contributed by atoms with Gasteiger partial charge >= 0.3 is 0 Å². The number of aliphatic hydroxyl groups is 1. The second kappa shape index (κ2) is 5.34. The van der Waals surface area contributed by atoms with Gasteiger partial charge in [0.1, 0.15) is 0 Å². The molecule has 2 unspecified atom stereocenters. The molecule has 0 radical (unpaired) electrons. The third-order valence-electron chi connectivity index (χ3n) is 4.83. The molecule has 1 aromatic rings. The largest absolute Gasteiger partial charge is 0.494 e. The Morgan fingerprint density at radius 2 is 2.25 bits per heavy atom. The number of halogens is 1. The topological polar surface area (TPSA) is 32.7 Å². The van der Waals surface area contributed by atoms with Crippen LogP contribution in [0, 0.1) is 5.82 Å². The van der Waals surface area contributed by atoms with E-state index in [2.05, 4.69) is 4.90 Å². The molecule has 3 rings (SSSR count). The molecule has 2 aliphatic rings. The summed E-state index contributed by atoms with van der Waals surface area (Å²) in [7, 11) is 1.47. The predicted molar refractivity (Wildman–Crippen MR) is 75.4 cm³/mol. The lowest BCUT2D eigenvalue weighted by Gasteiger charge is -2.37. The minimum absolute atomic E-state index is 0.182. The van der Waals surface area contributed by atoms with E-state index in [4.69, 9.17) is 4.74 Å². The zero-order chi connectivity index (χ0) is 14.2. The summed E-state index contributed by atoms with van der Waals surface area (Å²) in [6.45, 7) is 1.99. The highest BCUT2D eigenvalue weighted by Gasteiger charge is 2.46. The van der Waals surface area contributed by atoms with Crippen molar-refractivity contribution < 1.29 is 14.2 Å². The van der Waals surface area contributed by atoms with E-state index in [1.165, 1.54) is 13.5 Å². The first-order valence-corrected chi connectivity index (χ1v) is 7.42. The fourth-order valence-corrected chi connectivity index (χ4v) is 3.76. The van der Waals surface area contributed by atoms with E-state index in [1.807, 2.05) is 0 Å². The van der Waals surface area contributed by atoms with Crippen molar-refractivity contribution in [2.75, 3.05) is 20.2 Å². The van der Waals surface area contributed by atoms with Crippen LogP contribution in [-0.4, -0.2) is 41.8 Å². The summed E-state index contributed by atoms with van der Waals surface area (Å²) in [6.07, 6.45) is 4.48.